The van der Waals surface area contributed by atoms with Crippen LogP contribution in [0.4, 0.5) is 4.39 Å². The Labute approximate surface area is 189 Å². The number of oxazole rings is 1. The normalized spacial score (nSPS) is 20.2. The van der Waals surface area contributed by atoms with Crippen LogP contribution >= 0.6 is 11.8 Å². The summed E-state index contributed by atoms with van der Waals surface area (Å²) in [6.45, 7) is 3.93. The van der Waals surface area contributed by atoms with E-state index in [4.69, 9.17) is 4.42 Å². The van der Waals surface area contributed by atoms with Gasteiger partial charge in [0.05, 0.1) is 11.7 Å². The van der Waals surface area contributed by atoms with Crippen molar-refractivity contribution in [2.45, 2.75) is 38.1 Å². The molecule has 2 aromatic carbocycles. The number of amidine groups is 1. The third-order valence-corrected chi connectivity index (χ3v) is 6.60. The van der Waals surface area contributed by atoms with E-state index in [9.17, 15) is 9.18 Å². The molecular weight excluding hydrogens is 429 g/mol. The lowest BCUT2D eigenvalue weighted by atomic mass is 10.0. The molecular formula is C23H22FN5O2S. The number of hydrogen-bond acceptors (Lipinski definition) is 7. The second kappa shape index (κ2) is 8.40. The van der Waals surface area contributed by atoms with Crippen LogP contribution in [0.3, 0.4) is 0 Å². The maximum Gasteiger partial charge on any atom is 0.264 e. The minimum absolute atomic E-state index is 0.0998. The number of halogens is 1. The molecule has 3 aromatic rings. The molecule has 9 heteroatoms. The number of thioether (sulfide) groups is 1. The third-order valence-electron chi connectivity index (χ3n) is 5.64. The summed E-state index contributed by atoms with van der Waals surface area (Å²) < 4.78 is 19.2. The Bertz CT molecular complexity index is 1180. The fourth-order valence-electron chi connectivity index (χ4n) is 3.81. The van der Waals surface area contributed by atoms with Gasteiger partial charge in [0.1, 0.15) is 17.6 Å². The molecule has 0 bridgehead atoms. The Hall–Kier alpha value is -3.17. The lowest BCUT2D eigenvalue weighted by molar-refractivity contribution is -0.125. The Morgan fingerprint density at radius 1 is 1.16 bits per heavy atom. The average molecular weight is 452 g/mol. The van der Waals surface area contributed by atoms with Crippen LogP contribution in [0.2, 0.25) is 0 Å². The van der Waals surface area contributed by atoms with Crippen LogP contribution < -0.4 is 10.9 Å². The summed E-state index contributed by atoms with van der Waals surface area (Å²) in [5.41, 5.74) is 9.83. The summed E-state index contributed by atoms with van der Waals surface area (Å²) >= 11 is 1.47. The topological polar surface area (TPSA) is 82.8 Å². The van der Waals surface area contributed by atoms with Crippen LogP contribution in [0.15, 0.2) is 58.0 Å². The first-order chi connectivity index (χ1) is 15.5. The van der Waals surface area contributed by atoms with Crippen LogP contribution in [0.25, 0.3) is 11.5 Å². The molecule has 1 aromatic heterocycles. The summed E-state index contributed by atoms with van der Waals surface area (Å²) in [4.78, 5) is 17.0. The fourth-order valence-corrected chi connectivity index (χ4v) is 4.77. The fraction of sp³-hybridized carbons (Fsp3) is 0.261. The van der Waals surface area contributed by atoms with Crippen molar-refractivity contribution in [1.29, 1.82) is 0 Å². The number of hydrazone groups is 1. The molecule has 0 saturated carbocycles. The number of rotatable bonds is 4. The number of aromatic nitrogens is 1. The molecule has 164 valence electrons. The highest BCUT2D eigenvalue weighted by Crippen LogP contribution is 2.33. The molecule has 2 atom stereocenters. The molecule has 32 heavy (non-hydrogen) atoms. The number of nitrogens with zero attached hydrogens (tertiary/aromatic N) is 3. The summed E-state index contributed by atoms with van der Waals surface area (Å²) in [5, 5.41) is 6.69. The number of hydrogen-bond donors (Lipinski definition) is 2. The molecule has 2 unspecified atom stereocenters. The molecule has 3 heterocycles. The van der Waals surface area contributed by atoms with Gasteiger partial charge in [0.25, 0.3) is 5.91 Å². The van der Waals surface area contributed by atoms with Gasteiger partial charge in [-0.3, -0.25) is 9.80 Å². The zero-order chi connectivity index (χ0) is 22.2. The van der Waals surface area contributed by atoms with Gasteiger partial charge in [-0.15, -0.1) is 5.10 Å². The predicted octanol–water partition coefficient (Wildman–Crippen LogP) is 4.05. The van der Waals surface area contributed by atoms with Crippen LogP contribution in [-0.4, -0.2) is 27.1 Å². The van der Waals surface area contributed by atoms with Crippen LogP contribution in [0.5, 0.6) is 0 Å². The highest BCUT2D eigenvalue weighted by atomic mass is 32.2. The van der Waals surface area contributed by atoms with E-state index in [1.807, 2.05) is 38.1 Å². The standard InChI is InChI=1S/C23H22FN5O2S/c1-13-3-5-16(6-4-13)22-25-19(14(2)31-22)12-32-23-27-26-21(30)20-11-18(28-29(20)23)15-7-9-17(24)10-8-15/h3-10,18,20,28H,11-12H2,1-2H3,(H,26,30). The van der Waals surface area contributed by atoms with Gasteiger partial charge >= 0.3 is 0 Å². The maximum atomic E-state index is 13.3. The van der Waals surface area contributed by atoms with Gasteiger partial charge in [0, 0.05) is 11.3 Å². The Morgan fingerprint density at radius 2 is 1.91 bits per heavy atom. The number of amides is 1. The van der Waals surface area contributed by atoms with Crippen molar-refractivity contribution < 1.29 is 13.6 Å². The zero-order valence-corrected chi connectivity index (χ0v) is 18.4. The molecule has 2 aliphatic rings. The second-order valence-electron chi connectivity index (χ2n) is 7.90. The summed E-state index contributed by atoms with van der Waals surface area (Å²) in [6, 6.07) is 13.9. The Kier molecular flexibility index (Phi) is 5.44. The van der Waals surface area contributed by atoms with Crippen LogP contribution in [-0.2, 0) is 10.5 Å². The lowest BCUT2D eigenvalue weighted by Crippen LogP contribution is -2.52. The van der Waals surface area contributed by atoms with Gasteiger partial charge in [-0.2, -0.15) is 0 Å². The quantitative estimate of drug-likeness (QED) is 0.623. The molecule has 2 N–H and O–H groups in total. The average Bonchev–Trinajstić information content (AvgIpc) is 3.39. The summed E-state index contributed by atoms with van der Waals surface area (Å²) in [7, 11) is 0. The van der Waals surface area contributed by atoms with E-state index in [1.54, 1.807) is 17.1 Å². The van der Waals surface area contributed by atoms with E-state index in [-0.39, 0.29) is 23.8 Å². The molecule has 1 saturated heterocycles. The van der Waals surface area contributed by atoms with E-state index in [1.165, 1.54) is 29.5 Å². The number of carbonyl (C=O) groups is 1. The second-order valence-corrected chi connectivity index (χ2v) is 8.84. The van der Waals surface area contributed by atoms with E-state index in [2.05, 4.69) is 20.9 Å². The minimum atomic E-state index is -0.383. The first-order valence-corrected chi connectivity index (χ1v) is 11.3. The van der Waals surface area contributed by atoms with Gasteiger partial charge in [0.15, 0.2) is 5.17 Å². The Morgan fingerprint density at radius 3 is 2.66 bits per heavy atom. The van der Waals surface area contributed by atoms with Crippen molar-refractivity contribution in [2.24, 2.45) is 5.10 Å². The largest absolute Gasteiger partial charge is 0.441 e. The minimum Gasteiger partial charge on any atom is -0.441 e. The van der Waals surface area contributed by atoms with E-state index in [0.717, 1.165) is 22.6 Å². The highest BCUT2D eigenvalue weighted by molar-refractivity contribution is 8.13. The molecule has 0 spiro atoms. The van der Waals surface area contributed by atoms with Crippen molar-refractivity contribution >= 4 is 22.8 Å². The first-order valence-electron chi connectivity index (χ1n) is 10.3. The Balaban J connectivity index is 1.30. The van der Waals surface area contributed by atoms with Gasteiger partial charge in [0.2, 0.25) is 5.89 Å². The van der Waals surface area contributed by atoms with Crippen LogP contribution in [0.1, 0.15) is 35.0 Å². The van der Waals surface area contributed by atoms with Gasteiger partial charge in [-0.25, -0.2) is 20.2 Å². The monoisotopic (exact) mass is 451 g/mol. The van der Waals surface area contributed by atoms with Gasteiger partial charge < -0.3 is 4.42 Å². The summed E-state index contributed by atoms with van der Waals surface area (Å²) in [5.74, 6) is 1.44. The molecule has 5 rings (SSSR count). The molecule has 1 fully saturated rings. The first kappa shape index (κ1) is 20.7. The number of aryl methyl sites for hydroxylation is 2. The molecule has 0 radical (unpaired) electrons. The van der Waals surface area contributed by atoms with E-state index >= 15 is 0 Å². The van der Waals surface area contributed by atoms with Crippen molar-refractivity contribution in [1.82, 2.24) is 20.8 Å². The summed E-state index contributed by atoms with van der Waals surface area (Å²) in [6.07, 6.45) is 0.567. The van der Waals surface area contributed by atoms with Crippen molar-refractivity contribution in [3.8, 4) is 11.5 Å². The van der Waals surface area contributed by atoms with Gasteiger partial charge in [-0.05, 0) is 50.1 Å². The molecule has 0 aliphatic carbocycles. The molecule has 2 aliphatic heterocycles. The van der Waals surface area contributed by atoms with Crippen molar-refractivity contribution in [3.05, 3.63) is 76.9 Å². The SMILES string of the molecule is Cc1ccc(-c2nc(CSC3=NNC(=O)C4CC(c5ccc(F)cc5)NN34)c(C)o2)cc1. The number of carbonyl (C=O) groups excluding carboxylic acids is 1. The smallest absolute Gasteiger partial charge is 0.264 e. The lowest BCUT2D eigenvalue weighted by Gasteiger charge is -2.29. The van der Waals surface area contributed by atoms with E-state index in [0.29, 0.717) is 23.2 Å². The third kappa shape index (κ3) is 4.01. The number of fused-ring (bicyclic) bond motifs is 1. The van der Waals surface area contributed by atoms with Crippen molar-refractivity contribution in [3.63, 3.8) is 0 Å². The molecule has 7 nitrogen and oxygen atoms in total. The predicted molar refractivity (Wildman–Crippen MR) is 121 cm³/mol. The number of benzene rings is 2. The van der Waals surface area contributed by atoms with Gasteiger partial charge in [-0.1, -0.05) is 41.6 Å². The zero-order valence-electron chi connectivity index (χ0n) is 17.6. The highest BCUT2D eigenvalue weighted by Gasteiger charge is 2.41. The van der Waals surface area contributed by atoms with Crippen LogP contribution in [0, 0.1) is 19.7 Å². The van der Waals surface area contributed by atoms with Crippen molar-refractivity contribution in [2.75, 3.05) is 0 Å². The number of hydrazine groups is 1. The maximum absolute atomic E-state index is 13.3. The number of nitrogens with one attached hydrogen (secondary N) is 2. The van der Waals surface area contributed by atoms with E-state index < -0.39 is 0 Å². The molecule has 1 amide bonds.